The molecule has 1 amide bonds. The molecule has 0 aromatic heterocycles. The maximum atomic E-state index is 13.6. The number of piperidine rings is 1. The fraction of sp³-hybridized carbons (Fsp3) is 0.333. The number of amides is 1. The van der Waals surface area contributed by atoms with Crippen molar-refractivity contribution in [1.29, 1.82) is 0 Å². The van der Waals surface area contributed by atoms with E-state index >= 15 is 0 Å². The Bertz CT molecular complexity index is 1330. The molecule has 2 atom stereocenters. The van der Waals surface area contributed by atoms with Crippen molar-refractivity contribution in [2.75, 3.05) is 6.61 Å². The molecule has 196 valence electrons. The summed E-state index contributed by atoms with van der Waals surface area (Å²) in [5.41, 5.74) is 4.51. The van der Waals surface area contributed by atoms with Gasteiger partial charge in [-0.15, -0.1) is 0 Å². The molecule has 2 bridgehead atoms. The molecule has 2 fully saturated rings. The lowest BCUT2D eigenvalue weighted by Crippen LogP contribution is -2.48. The Balaban J connectivity index is 1.14. The number of benzene rings is 3. The molecule has 2 saturated heterocycles. The van der Waals surface area contributed by atoms with Crippen molar-refractivity contribution in [2.24, 2.45) is 5.92 Å². The summed E-state index contributed by atoms with van der Waals surface area (Å²) in [7, 11) is 0. The molecule has 3 aromatic carbocycles. The third kappa shape index (κ3) is 4.31. The zero-order chi connectivity index (χ0) is 26.4. The number of nitrogens with zero attached hydrogens (tertiary/aromatic N) is 1. The summed E-state index contributed by atoms with van der Waals surface area (Å²) in [6.45, 7) is -2.95. The second kappa shape index (κ2) is 9.82. The molecule has 0 radical (unpaired) electrons. The lowest BCUT2D eigenvalue weighted by Gasteiger charge is -2.38. The van der Waals surface area contributed by atoms with Gasteiger partial charge in [-0.2, -0.15) is 8.78 Å². The van der Waals surface area contributed by atoms with Gasteiger partial charge in [-0.25, -0.2) is 9.18 Å². The number of fused-ring (bicyclic) bond motifs is 5. The first-order valence-electron chi connectivity index (χ1n) is 12.8. The average molecular weight is 522 g/mol. The van der Waals surface area contributed by atoms with Crippen molar-refractivity contribution < 1.29 is 32.2 Å². The highest BCUT2D eigenvalue weighted by molar-refractivity contribution is 6.00. The zero-order valence-electron chi connectivity index (χ0n) is 20.5. The Kier molecular flexibility index (Phi) is 6.33. The van der Waals surface area contributed by atoms with Crippen LogP contribution in [0, 0.1) is 11.7 Å². The maximum Gasteiger partial charge on any atom is 0.410 e. The summed E-state index contributed by atoms with van der Waals surface area (Å²) in [4.78, 5) is 28.3. The summed E-state index contributed by atoms with van der Waals surface area (Å²) < 4.78 is 49.6. The van der Waals surface area contributed by atoms with E-state index < -0.39 is 30.2 Å². The van der Waals surface area contributed by atoms with Crippen LogP contribution in [-0.2, 0) is 4.74 Å². The monoisotopic (exact) mass is 521 g/mol. The van der Waals surface area contributed by atoms with Crippen LogP contribution in [0.15, 0.2) is 66.7 Å². The lowest BCUT2D eigenvalue weighted by atomic mass is 9.84. The second-order valence-corrected chi connectivity index (χ2v) is 10.1. The van der Waals surface area contributed by atoms with Gasteiger partial charge in [0, 0.05) is 30.0 Å². The summed E-state index contributed by atoms with van der Waals surface area (Å²) in [5, 5.41) is 0. The molecule has 0 spiro atoms. The van der Waals surface area contributed by atoms with Crippen LogP contribution in [0.2, 0.25) is 0 Å². The van der Waals surface area contributed by atoms with E-state index in [2.05, 4.69) is 29.0 Å². The van der Waals surface area contributed by atoms with E-state index in [1.165, 1.54) is 6.07 Å². The number of hydrogen-bond donors (Lipinski definition) is 0. The van der Waals surface area contributed by atoms with Crippen molar-refractivity contribution in [3.8, 4) is 16.9 Å². The highest BCUT2D eigenvalue weighted by Gasteiger charge is 2.46. The van der Waals surface area contributed by atoms with E-state index in [0.717, 1.165) is 47.2 Å². The summed E-state index contributed by atoms with van der Waals surface area (Å²) in [5.74, 6) is -2.12. The number of ether oxygens (including phenoxy) is 2. The lowest BCUT2D eigenvalue weighted by molar-refractivity contribution is -0.0504. The van der Waals surface area contributed by atoms with Gasteiger partial charge in [-0.1, -0.05) is 48.5 Å². The summed E-state index contributed by atoms with van der Waals surface area (Å²) in [6.07, 6.45) is 1.87. The Hall–Kier alpha value is -3.81. The Labute approximate surface area is 218 Å². The molecule has 3 aliphatic rings. The van der Waals surface area contributed by atoms with E-state index in [0.29, 0.717) is 12.8 Å². The number of hydrogen-bond acceptors (Lipinski definition) is 4. The largest absolute Gasteiger partial charge is 0.448 e. The Morgan fingerprint density at radius 1 is 0.895 bits per heavy atom. The molecule has 6 rings (SSSR count). The maximum absolute atomic E-state index is 13.6. The standard InChI is InChI=1S/C30H26F3NO4/c31-18-9-12-25(27(15-18)38-29(32)33)28(35)17-13-19-10-11-20(14-17)34(19)30(36)37-16-26-23-7-3-1-5-21(23)22-6-2-4-8-24(22)26/h1-9,12,15,17,19-20,26,29H,10-11,13-14,16H2. The van der Waals surface area contributed by atoms with Gasteiger partial charge in [0.2, 0.25) is 0 Å². The van der Waals surface area contributed by atoms with Gasteiger partial charge >= 0.3 is 12.7 Å². The van der Waals surface area contributed by atoms with Crippen molar-refractivity contribution >= 4 is 11.9 Å². The summed E-state index contributed by atoms with van der Waals surface area (Å²) >= 11 is 0. The van der Waals surface area contributed by atoms with Gasteiger partial charge in [-0.05, 0) is 60.1 Å². The molecule has 5 nitrogen and oxygen atoms in total. The minimum atomic E-state index is -3.17. The van der Waals surface area contributed by atoms with Crippen LogP contribution in [0.4, 0.5) is 18.0 Å². The quantitative estimate of drug-likeness (QED) is 0.335. The first kappa shape index (κ1) is 24.5. The molecule has 0 N–H and O–H groups in total. The van der Waals surface area contributed by atoms with Crippen molar-refractivity contribution in [3.63, 3.8) is 0 Å². The predicted molar refractivity (Wildman–Crippen MR) is 134 cm³/mol. The normalized spacial score (nSPS) is 21.8. The fourth-order valence-electron chi connectivity index (χ4n) is 6.47. The highest BCUT2D eigenvalue weighted by atomic mass is 19.3. The van der Waals surface area contributed by atoms with E-state index in [1.807, 2.05) is 24.3 Å². The van der Waals surface area contributed by atoms with Gasteiger partial charge in [0.15, 0.2) is 5.78 Å². The van der Waals surface area contributed by atoms with Crippen molar-refractivity contribution in [1.82, 2.24) is 4.90 Å². The molecule has 8 heteroatoms. The number of ketones is 1. The molecular weight excluding hydrogens is 495 g/mol. The number of carbonyl (C=O) groups is 2. The molecule has 2 unspecified atom stereocenters. The molecule has 0 saturated carbocycles. The molecule has 3 aromatic rings. The third-order valence-electron chi connectivity index (χ3n) is 8.08. The van der Waals surface area contributed by atoms with E-state index in [1.54, 1.807) is 4.90 Å². The van der Waals surface area contributed by atoms with Crippen LogP contribution in [-0.4, -0.2) is 42.1 Å². The highest BCUT2D eigenvalue weighted by Crippen LogP contribution is 2.45. The van der Waals surface area contributed by atoms with E-state index in [4.69, 9.17) is 4.74 Å². The van der Waals surface area contributed by atoms with Crippen LogP contribution >= 0.6 is 0 Å². The molecule has 2 aliphatic heterocycles. The van der Waals surface area contributed by atoms with Gasteiger partial charge < -0.3 is 14.4 Å². The number of Topliss-reactive ketones (excluding diaryl/α,β-unsaturated/α-hetero) is 1. The van der Waals surface area contributed by atoms with Gasteiger partial charge in [0.1, 0.15) is 18.2 Å². The molecule has 2 heterocycles. The van der Waals surface area contributed by atoms with E-state index in [-0.39, 0.29) is 36.0 Å². The van der Waals surface area contributed by atoms with Crippen LogP contribution in [0.3, 0.4) is 0 Å². The van der Waals surface area contributed by atoms with Crippen molar-refractivity contribution in [3.05, 3.63) is 89.2 Å². The van der Waals surface area contributed by atoms with Gasteiger partial charge in [0.25, 0.3) is 0 Å². The van der Waals surface area contributed by atoms with Crippen LogP contribution in [0.1, 0.15) is 53.1 Å². The number of carbonyl (C=O) groups excluding carboxylic acids is 2. The number of alkyl halides is 2. The molecule has 38 heavy (non-hydrogen) atoms. The van der Waals surface area contributed by atoms with Crippen molar-refractivity contribution in [2.45, 2.75) is 50.3 Å². The van der Waals surface area contributed by atoms with Crippen LogP contribution in [0.5, 0.6) is 5.75 Å². The second-order valence-electron chi connectivity index (χ2n) is 10.1. The average Bonchev–Trinajstić information content (AvgIpc) is 3.37. The fourth-order valence-corrected chi connectivity index (χ4v) is 6.47. The summed E-state index contributed by atoms with van der Waals surface area (Å²) in [6, 6.07) is 19.0. The number of rotatable bonds is 6. The third-order valence-corrected chi connectivity index (χ3v) is 8.08. The van der Waals surface area contributed by atoms with Gasteiger partial charge in [0.05, 0.1) is 5.56 Å². The van der Waals surface area contributed by atoms with Crippen LogP contribution < -0.4 is 4.74 Å². The van der Waals surface area contributed by atoms with E-state index in [9.17, 15) is 22.8 Å². The zero-order valence-corrected chi connectivity index (χ0v) is 20.5. The molecule has 1 aliphatic carbocycles. The topological polar surface area (TPSA) is 55.8 Å². The van der Waals surface area contributed by atoms with Crippen LogP contribution in [0.25, 0.3) is 11.1 Å². The first-order valence-corrected chi connectivity index (χ1v) is 12.8. The smallest absolute Gasteiger partial charge is 0.410 e. The Morgan fingerprint density at radius 2 is 1.50 bits per heavy atom. The SMILES string of the molecule is O=C(c1ccc(F)cc1OC(F)F)C1CC2CCC(C1)N2C(=O)OCC1c2ccccc2-c2ccccc21. The minimum absolute atomic E-state index is 0.0464. The Morgan fingerprint density at radius 3 is 2.11 bits per heavy atom. The van der Waals surface area contributed by atoms with Gasteiger partial charge in [-0.3, -0.25) is 4.79 Å². The molecular formula is C30H26F3NO4. The first-order chi connectivity index (χ1) is 18.4. The predicted octanol–water partition coefficient (Wildman–Crippen LogP) is 6.80. The minimum Gasteiger partial charge on any atom is -0.448 e. The number of halogens is 3.